The minimum absolute atomic E-state index is 0.288. The Balaban J connectivity index is 1.79. The van der Waals surface area contributed by atoms with Crippen LogP contribution in [0.15, 0.2) is 42.7 Å². The van der Waals surface area contributed by atoms with Crippen LogP contribution in [-0.2, 0) is 15.0 Å². The van der Waals surface area contributed by atoms with Crippen LogP contribution in [0.2, 0.25) is 0 Å². The van der Waals surface area contributed by atoms with E-state index in [1.807, 2.05) is 18.2 Å². The number of amides is 1. The number of hydrogen-bond donors (Lipinski definition) is 1. The molecular weight excluding hydrogens is 372 g/mol. The van der Waals surface area contributed by atoms with E-state index in [0.717, 1.165) is 5.56 Å². The number of carbonyl (C=O) groups is 2. The molecule has 154 valence electrons. The third-order valence-electron chi connectivity index (χ3n) is 4.98. The van der Waals surface area contributed by atoms with Gasteiger partial charge in [0, 0.05) is 25.5 Å². The van der Waals surface area contributed by atoms with Crippen molar-refractivity contribution in [2.45, 2.75) is 32.2 Å². The SMILES string of the molecule is CCOC(=O)c1cnc(NC2(c3ccccc3)CCN(C(=O)OCC)CC2)nc1. The maximum absolute atomic E-state index is 12.1. The van der Waals surface area contributed by atoms with E-state index in [1.54, 1.807) is 18.7 Å². The molecule has 1 saturated heterocycles. The van der Waals surface area contributed by atoms with Crippen molar-refractivity contribution in [2.24, 2.45) is 0 Å². The highest BCUT2D eigenvalue weighted by molar-refractivity contribution is 5.88. The number of rotatable bonds is 6. The predicted octanol–water partition coefficient (Wildman–Crippen LogP) is 3.21. The summed E-state index contributed by atoms with van der Waals surface area (Å²) in [5, 5.41) is 3.45. The molecule has 0 bridgehead atoms. The molecule has 0 radical (unpaired) electrons. The lowest BCUT2D eigenvalue weighted by molar-refractivity contribution is 0.0525. The molecule has 0 atom stereocenters. The fraction of sp³-hybridized carbons (Fsp3) is 0.429. The van der Waals surface area contributed by atoms with Crippen LogP contribution < -0.4 is 5.32 Å². The number of likely N-dealkylation sites (tertiary alicyclic amines) is 1. The topological polar surface area (TPSA) is 93.7 Å². The Kier molecular flexibility index (Phi) is 6.64. The first-order valence-electron chi connectivity index (χ1n) is 9.82. The Morgan fingerprint density at radius 1 is 1.03 bits per heavy atom. The number of nitrogens with zero attached hydrogens (tertiary/aromatic N) is 3. The van der Waals surface area contributed by atoms with Crippen molar-refractivity contribution in [3.63, 3.8) is 0 Å². The van der Waals surface area contributed by atoms with Gasteiger partial charge < -0.3 is 19.7 Å². The van der Waals surface area contributed by atoms with Gasteiger partial charge in [-0.3, -0.25) is 0 Å². The summed E-state index contributed by atoms with van der Waals surface area (Å²) in [5.41, 5.74) is 0.986. The molecule has 2 aromatic rings. The Hall–Kier alpha value is -3.16. The Morgan fingerprint density at radius 3 is 2.24 bits per heavy atom. The summed E-state index contributed by atoms with van der Waals surface area (Å²) in [4.78, 5) is 34.2. The van der Waals surface area contributed by atoms with E-state index in [4.69, 9.17) is 9.47 Å². The monoisotopic (exact) mass is 398 g/mol. The first-order chi connectivity index (χ1) is 14.1. The zero-order valence-electron chi connectivity index (χ0n) is 16.8. The lowest BCUT2D eigenvalue weighted by atomic mass is 9.81. The molecule has 29 heavy (non-hydrogen) atoms. The quantitative estimate of drug-likeness (QED) is 0.747. The second kappa shape index (κ2) is 9.36. The van der Waals surface area contributed by atoms with Gasteiger partial charge in [-0.25, -0.2) is 19.6 Å². The van der Waals surface area contributed by atoms with Crippen LogP contribution >= 0.6 is 0 Å². The number of esters is 1. The van der Waals surface area contributed by atoms with E-state index in [0.29, 0.717) is 50.7 Å². The summed E-state index contributed by atoms with van der Waals surface area (Å²) in [5.74, 6) is -0.0222. The summed E-state index contributed by atoms with van der Waals surface area (Å²) in [6.45, 7) is 5.32. The molecule has 0 unspecified atom stereocenters. The number of carbonyl (C=O) groups excluding carboxylic acids is 2. The van der Waals surface area contributed by atoms with Crippen molar-refractivity contribution in [1.29, 1.82) is 0 Å². The Bertz CT molecular complexity index is 818. The molecule has 2 heterocycles. The maximum Gasteiger partial charge on any atom is 0.409 e. The third kappa shape index (κ3) is 4.82. The predicted molar refractivity (Wildman–Crippen MR) is 108 cm³/mol. The molecule has 8 heteroatoms. The van der Waals surface area contributed by atoms with Gasteiger partial charge in [-0.1, -0.05) is 30.3 Å². The maximum atomic E-state index is 12.1. The second-order valence-corrected chi connectivity index (χ2v) is 6.77. The molecule has 8 nitrogen and oxygen atoms in total. The minimum atomic E-state index is -0.445. The Morgan fingerprint density at radius 2 is 1.66 bits per heavy atom. The molecule has 1 amide bonds. The number of piperidine rings is 1. The van der Waals surface area contributed by atoms with Crippen molar-refractivity contribution in [3.8, 4) is 0 Å². The average Bonchev–Trinajstić information content (AvgIpc) is 2.76. The van der Waals surface area contributed by atoms with Gasteiger partial charge >= 0.3 is 12.1 Å². The van der Waals surface area contributed by atoms with Gasteiger partial charge in [-0.15, -0.1) is 0 Å². The molecule has 0 aliphatic carbocycles. The van der Waals surface area contributed by atoms with Crippen LogP contribution in [0.3, 0.4) is 0 Å². The van der Waals surface area contributed by atoms with E-state index in [1.165, 1.54) is 12.4 Å². The minimum Gasteiger partial charge on any atom is -0.462 e. The van der Waals surface area contributed by atoms with E-state index < -0.39 is 11.5 Å². The highest BCUT2D eigenvalue weighted by atomic mass is 16.6. The van der Waals surface area contributed by atoms with E-state index >= 15 is 0 Å². The molecule has 0 spiro atoms. The zero-order chi connectivity index (χ0) is 20.7. The van der Waals surface area contributed by atoms with Gasteiger partial charge in [0.1, 0.15) is 0 Å². The van der Waals surface area contributed by atoms with Crippen molar-refractivity contribution in [2.75, 3.05) is 31.6 Å². The van der Waals surface area contributed by atoms with Gasteiger partial charge in [-0.05, 0) is 32.3 Å². The largest absolute Gasteiger partial charge is 0.462 e. The summed E-state index contributed by atoms with van der Waals surface area (Å²) in [7, 11) is 0. The van der Waals surface area contributed by atoms with Crippen molar-refractivity contribution >= 4 is 18.0 Å². The lowest BCUT2D eigenvalue weighted by Crippen LogP contribution is -2.49. The molecule has 3 rings (SSSR count). The first-order valence-corrected chi connectivity index (χ1v) is 9.82. The lowest BCUT2D eigenvalue weighted by Gasteiger charge is -2.42. The van der Waals surface area contributed by atoms with E-state index in [2.05, 4.69) is 27.4 Å². The molecule has 1 fully saturated rings. The summed E-state index contributed by atoms with van der Waals surface area (Å²) in [6.07, 6.45) is 3.99. The average molecular weight is 398 g/mol. The molecule has 1 aliphatic rings. The van der Waals surface area contributed by atoms with Gasteiger partial charge in [0.2, 0.25) is 5.95 Å². The Labute approximate surface area is 170 Å². The van der Waals surface area contributed by atoms with Gasteiger partial charge in [-0.2, -0.15) is 0 Å². The molecule has 1 aromatic heterocycles. The molecule has 1 N–H and O–H groups in total. The number of aromatic nitrogens is 2. The second-order valence-electron chi connectivity index (χ2n) is 6.77. The van der Waals surface area contributed by atoms with E-state index in [9.17, 15) is 9.59 Å². The van der Waals surface area contributed by atoms with Gasteiger partial charge in [0.05, 0.1) is 24.3 Å². The fourth-order valence-corrected chi connectivity index (χ4v) is 3.46. The van der Waals surface area contributed by atoms with Crippen molar-refractivity contribution < 1.29 is 19.1 Å². The van der Waals surface area contributed by atoms with Crippen molar-refractivity contribution in [1.82, 2.24) is 14.9 Å². The molecule has 0 saturated carbocycles. The number of anilines is 1. The van der Waals surface area contributed by atoms with Crippen molar-refractivity contribution in [3.05, 3.63) is 53.9 Å². The number of ether oxygens (including phenoxy) is 2. The van der Waals surface area contributed by atoms with Gasteiger partial charge in [0.15, 0.2) is 0 Å². The molecular formula is C21H26N4O4. The van der Waals surface area contributed by atoms with Gasteiger partial charge in [0.25, 0.3) is 0 Å². The summed E-state index contributed by atoms with van der Waals surface area (Å²) >= 11 is 0. The summed E-state index contributed by atoms with van der Waals surface area (Å²) < 4.78 is 10.1. The van der Waals surface area contributed by atoms with Crippen LogP contribution in [0.1, 0.15) is 42.6 Å². The smallest absolute Gasteiger partial charge is 0.409 e. The van der Waals surface area contributed by atoms with Crippen LogP contribution in [0.4, 0.5) is 10.7 Å². The standard InChI is InChI=1S/C21H26N4O4/c1-3-28-18(26)16-14-22-19(23-15-16)24-21(17-8-6-5-7-9-17)10-12-25(13-11-21)20(27)29-4-2/h5-9,14-15H,3-4,10-13H2,1-2H3,(H,22,23,24). The van der Waals surface area contributed by atoms with Crippen LogP contribution in [0, 0.1) is 0 Å². The highest BCUT2D eigenvalue weighted by Gasteiger charge is 2.38. The van der Waals surface area contributed by atoms with Crippen LogP contribution in [-0.4, -0.2) is 53.2 Å². The van der Waals surface area contributed by atoms with Crippen LogP contribution in [0.25, 0.3) is 0 Å². The van der Waals surface area contributed by atoms with E-state index in [-0.39, 0.29) is 6.09 Å². The number of nitrogens with one attached hydrogen (secondary N) is 1. The fourth-order valence-electron chi connectivity index (χ4n) is 3.46. The van der Waals surface area contributed by atoms with Crippen LogP contribution in [0.5, 0.6) is 0 Å². The third-order valence-corrected chi connectivity index (χ3v) is 4.98. The molecule has 1 aliphatic heterocycles. The molecule has 1 aromatic carbocycles. The zero-order valence-corrected chi connectivity index (χ0v) is 16.8. The highest BCUT2D eigenvalue weighted by Crippen LogP contribution is 2.36. The summed E-state index contributed by atoms with van der Waals surface area (Å²) in [6, 6.07) is 10.1. The normalized spacial score (nSPS) is 15.4. The number of hydrogen-bond acceptors (Lipinski definition) is 7. The first kappa shape index (κ1) is 20.6. The number of benzene rings is 1.